The average Bonchev–Trinajstić information content (AvgIpc) is 2.82. The van der Waals surface area contributed by atoms with Gasteiger partial charge in [0, 0.05) is 11.1 Å². The van der Waals surface area contributed by atoms with E-state index in [1.54, 1.807) is 6.07 Å². The number of pyridine rings is 1. The minimum absolute atomic E-state index is 0.197. The number of rotatable bonds is 3. The fourth-order valence-corrected chi connectivity index (χ4v) is 2.35. The van der Waals surface area contributed by atoms with Crippen molar-refractivity contribution in [3.05, 3.63) is 23.8 Å². The van der Waals surface area contributed by atoms with Gasteiger partial charge in [-0.05, 0) is 23.1 Å². The first-order valence-corrected chi connectivity index (χ1v) is 6.45. The largest absolute Gasteiger partial charge is 0.352 e. The fraction of sp³-hybridized carbons (Fsp3) is 0.400. The van der Waals surface area contributed by atoms with E-state index >= 15 is 0 Å². The molecule has 1 heterocycles. The first-order valence-electron chi connectivity index (χ1n) is 6.45. The molecule has 100 valence electrons. The molecule has 3 rings (SSSR count). The molecule has 4 heteroatoms. The highest BCUT2D eigenvalue weighted by molar-refractivity contribution is 6.07. The molecule has 1 atom stereocenters. The second-order valence-corrected chi connectivity index (χ2v) is 6.18. The number of carbonyl (C=O) groups excluding carboxylic acids is 1. The number of carbonyl (C=O) groups is 1. The van der Waals surface area contributed by atoms with Crippen molar-refractivity contribution in [2.24, 2.45) is 5.41 Å². The van der Waals surface area contributed by atoms with Gasteiger partial charge in [-0.15, -0.1) is 0 Å². The van der Waals surface area contributed by atoms with Crippen LogP contribution in [0.1, 0.15) is 31.1 Å². The molecule has 0 spiro atoms. The number of H-pyrrole nitrogens is 1. The van der Waals surface area contributed by atoms with Crippen LogP contribution in [-0.2, 0) is 0 Å². The summed E-state index contributed by atoms with van der Waals surface area (Å²) >= 11 is 0. The molecule has 3 aliphatic rings. The van der Waals surface area contributed by atoms with Gasteiger partial charge < -0.3 is 10.3 Å². The number of nitrogens with one attached hydrogen (secondary N) is 2. The molecule has 0 aromatic carbocycles. The Bertz CT molecular complexity index is 624. The van der Waals surface area contributed by atoms with Crippen molar-refractivity contribution < 1.29 is 9.18 Å². The molecule has 0 unspecified atom stereocenters. The molecule has 2 aliphatic carbocycles. The van der Waals surface area contributed by atoms with E-state index in [0.717, 1.165) is 22.5 Å². The van der Waals surface area contributed by atoms with Crippen molar-refractivity contribution in [2.75, 3.05) is 6.67 Å². The average molecular weight is 260 g/mol. The molecule has 0 radical (unpaired) electrons. The van der Waals surface area contributed by atoms with Crippen LogP contribution in [0.2, 0.25) is 0 Å². The Kier molecular flexibility index (Phi) is 2.46. The number of alkyl halides is 1. The molecule has 0 fully saturated rings. The summed E-state index contributed by atoms with van der Waals surface area (Å²) in [5.41, 5.74) is 4.58. The van der Waals surface area contributed by atoms with Crippen molar-refractivity contribution in [3.63, 3.8) is 0 Å². The predicted molar refractivity (Wildman–Crippen MR) is 73.1 cm³/mol. The number of halogens is 1. The summed E-state index contributed by atoms with van der Waals surface area (Å²) in [6, 6.07) is 5.24. The van der Waals surface area contributed by atoms with Crippen molar-refractivity contribution in [3.8, 4) is 22.5 Å². The summed E-state index contributed by atoms with van der Waals surface area (Å²) in [6.45, 7) is 5.20. The van der Waals surface area contributed by atoms with E-state index in [2.05, 4.69) is 10.3 Å². The topological polar surface area (TPSA) is 44.9 Å². The van der Waals surface area contributed by atoms with E-state index in [4.69, 9.17) is 0 Å². The lowest BCUT2D eigenvalue weighted by atomic mass is 9.87. The SMILES string of the molecule is CC(C)(C)[C@@H](CF)NC(=O)c1ccc2c3[nH]c-3cc1-2. The maximum absolute atomic E-state index is 13.1. The maximum atomic E-state index is 13.1. The number of aromatic amines is 1. The van der Waals surface area contributed by atoms with Crippen LogP contribution in [0.5, 0.6) is 0 Å². The molecular weight excluding hydrogens is 243 g/mol. The van der Waals surface area contributed by atoms with Crippen LogP contribution in [-0.4, -0.2) is 23.6 Å². The molecule has 19 heavy (non-hydrogen) atoms. The van der Waals surface area contributed by atoms with Gasteiger partial charge in [0.15, 0.2) is 0 Å². The molecular formula is C15H17FN2O. The van der Waals surface area contributed by atoms with Crippen LogP contribution in [0.15, 0.2) is 18.2 Å². The van der Waals surface area contributed by atoms with Crippen LogP contribution in [0, 0.1) is 5.41 Å². The monoisotopic (exact) mass is 260 g/mol. The van der Waals surface area contributed by atoms with E-state index in [1.807, 2.05) is 32.9 Å². The Hall–Kier alpha value is -1.84. The van der Waals surface area contributed by atoms with Gasteiger partial charge in [-0.1, -0.05) is 26.8 Å². The summed E-state index contributed by atoms with van der Waals surface area (Å²) in [4.78, 5) is 15.4. The molecule has 0 aromatic heterocycles. The maximum Gasteiger partial charge on any atom is 0.252 e. The lowest BCUT2D eigenvalue weighted by molar-refractivity contribution is 0.0886. The highest BCUT2D eigenvalue weighted by atomic mass is 19.1. The summed E-state index contributed by atoms with van der Waals surface area (Å²) in [6.07, 6.45) is 0. The highest BCUT2D eigenvalue weighted by Crippen LogP contribution is 2.45. The van der Waals surface area contributed by atoms with Gasteiger partial charge in [0.2, 0.25) is 0 Å². The van der Waals surface area contributed by atoms with E-state index < -0.39 is 12.7 Å². The Labute approximate surface area is 111 Å². The molecule has 0 aromatic rings. The number of hydrogen-bond donors (Lipinski definition) is 2. The Balaban J connectivity index is 1.82. The third-order valence-electron chi connectivity index (χ3n) is 3.77. The summed E-state index contributed by atoms with van der Waals surface area (Å²) in [5, 5.41) is 2.80. The van der Waals surface area contributed by atoms with Crippen LogP contribution < -0.4 is 5.32 Å². The quantitative estimate of drug-likeness (QED) is 0.746. The summed E-state index contributed by atoms with van der Waals surface area (Å²) < 4.78 is 13.1. The number of hydrogen-bond acceptors (Lipinski definition) is 1. The van der Waals surface area contributed by atoms with Crippen molar-refractivity contribution in [1.82, 2.24) is 10.3 Å². The van der Waals surface area contributed by atoms with E-state index in [-0.39, 0.29) is 11.3 Å². The third-order valence-corrected chi connectivity index (χ3v) is 3.77. The molecule has 2 N–H and O–H groups in total. The van der Waals surface area contributed by atoms with Gasteiger partial charge in [0.25, 0.3) is 5.91 Å². The van der Waals surface area contributed by atoms with Crippen molar-refractivity contribution in [1.29, 1.82) is 0 Å². The van der Waals surface area contributed by atoms with Gasteiger partial charge in [-0.3, -0.25) is 4.79 Å². The fourth-order valence-electron chi connectivity index (χ4n) is 2.35. The molecule has 3 nitrogen and oxygen atoms in total. The molecule has 0 saturated carbocycles. The van der Waals surface area contributed by atoms with Gasteiger partial charge in [-0.2, -0.15) is 0 Å². The zero-order chi connectivity index (χ0) is 13.8. The minimum atomic E-state index is -0.557. The molecule has 1 aliphatic heterocycles. The van der Waals surface area contributed by atoms with Crippen LogP contribution >= 0.6 is 0 Å². The standard InChI is InChI=1S/C15H17FN2O/c1-15(2,3)12(7-16)18-14(19)9-5-4-8-10(9)6-11-13(8)17-11/h4-6,12,17H,7H2,1-3H3,(H,18,19)/t12-/m1/s1. The van der Waals surface area contributed by atoms with Gasteiger partial charge in [-0.25, -0.2) is 4.39 Å². The highest BCUT2D eigenvalue weighted by Gasteiger charge is 2.31. The van der Waals surface area contributed by atoms with Gasteiger partial charge in [0.05, 0.1) is 17.4 Å². The van der Waals surface area contributed by atoms with Gasteiger partial charge in [0.1, 0.15) is 6.67 Å². The Morgan fingerprint density at radius 1 is 1.37 bits per heavy atom. The third kappa shape index (κ3) is 1.91. The number of fused-ring (bicyclic) bond motifs is 3. The van der Waals surface area contributed by atoms with Crippen molar-refractivity contribution >= 4 is 5.91 Å². The van der Waals surface area contributed by atoms with Crippen LogP contribution in [0.4, 0.5) is 4.39 Å². The van der Waals surface area contributed by atoms with E-state index in [9.17, 15) is 9.18 Å². The zero-order valence-corrected chi connectivity index (χ0v) is 11.3. The van der Waals surface area contributed by atoms with E-state index in [0.29, 0.717) is 5.56 Å². The second kappa shape index (κ2) is 3.83. The van der Waals surface area contributed by atoms with Crippen molar-refractivity contribution in [2.45, 2.75) is 26.8 Å². The Morgan fingerprint density at radius 2 is 2.11 bits per heavy atom. The van der Waals surface area contributed by atoms with Crippen LogP contribution in [0.25, 0.3) is 22.5 Å². The zero-order valence-electron chi connectivity index (χ0n) is 11.3. The lowest BCUT2D eigenvalue weighted by Gasteiger charge is -2.29. The molecule has 1 amide bonds. The summed E-state index contributed by atoms with van der Waals surface area (Å²) in [7, 11) is 0. The normalized spacial score (nSPS) is 14.5. The molecule has 0 bridgehead atoms. The van der Waals surface area contributed by atoms with E-state index in [1.165, 1.54) is 0 Å². The van der Waals surface area contributed by atoms with Gasteiger partial charge >= 0.3 is 0 Å². The first kappa shape index (κ1) is 12.2. The second-order valence-electron chi connectivity index (χ2n) is 6.18. The lowest BCUT2D eigenvalue weighted by Crippen LogP contribution is -2.45. The smallest absolute Gasteiger partial charge is 0.252 e. The van der Waals surface area contributed by atoms with Crippen LogP contribution in [0.3, 0.4) is 0 Å². The first-order chi connectivity index (χ1) is 8.91. The number of amides is 1. The number of aromatic nitrogens is 1. The minimum Gasteiger partial charge on any atom is -0.352 e. The molecule has 0 saturated heterocycles. The summed E-state index contributed by atoms with van der Waals surface area (Å²) in [5.74, 6) is -0.197. The Morgan fingerprint density at radius 3 is 2.74 bits per heavy atom. The predicted octanol–water partition coefficient (Wildman–Crippen LogP) is 3.21.